The summed E-state index contributed by atoms with van der Waals surface area (Å²) in [6.07, 6.45) is 1.13. The van der Waals surface area contributed by atoms with Crippen molar-refractivity contribution in [2.45, 2.75) is 32.4 Å². The number of hydrogen-bond acceptors (Lipinski definition) is 4. The van der Waals surface area contributed by atoms with Crippen molar-refractivity contribution in [2.75, 3.05) is 19.8 Å². The number of aryl methyl sites for hydroxylation is 1. The van der Waals surface area contributed by atoms with Gasteiger partial charge in [-0.3, -0.25) is 0 Å². The molecule has 1 saturated heterocycles. The van der Waals surface area contributed by atoms with Gasteiger partial charge in [0.1, 0.15) is 6.10 Å². The molecule has 4 heteroatoms. The van der Waals surface area contributed by atoms with E-state index in [1.165, 1.54) is 9.75 Å². The molecule has 1 aromatic heterocycles. The van der Waals surface area contributed by atoms with Crippen molar-refractivity contribution in [2.24, 2.45) is 11.7 Å². The SMILES string of the molecule is Cc1ccc(C(OCC2CCOC2)C(C)N)s1. The highest BCUT2D eigenvalue weighted by Gasteiger charge is 2.22. The summed E-state index contributed by atoms with van der Waals surface area (Å²) < 4.78 is 11.3. The predicted octanol–water partition coefficient (Wildman–Crippen LogP) is 2.50. The summed E-state index contributed by atoms with van der Waals surface area (Å²) in [7, 11) is 0. The Kier molecular flexibility index (Phi) is 4.56. The van der Waals surface area contributed by atoms with Crippen LogP contribution in [0.4, 0.5) is 0 Å². The summed E-state index contributed by atoms with van der Waals surface area (Å²) in [5.41, 5.74) is 6.01. The summed E-state index contributed by atoms with van der Waals surface area (Å²) in [6, 6.07) is 4.27. The van der Waals surface area contributed by atoms with Crippen LogP contribution in [0.1, 0.15) is 29.2 Å². The standard InChI is InChI=1S/C13H21NO2S/c1-9-3-4-12(17-9)13(10(2)14)16-8-11-5-6-15-7-11/h3-4,10-11,13H,5-8,14H2,1-2H3. The van der Waals surface area contributed by atoms with Crippen molar-refractivity contribution in [1.29, 1.82) is 0 Å². The van der Waals surface area contributed by atoms with Crippen molar-refractivity contribution >= 4 is 11.3 Å². The first-order valence-electron chi connectivity index (χ1n) is 6.18. The maximum absolute atomic E-state index is 6.01. The summed E-state index contributed by atoms with van der Waals surface area (Å²) in [5, 5.41) is 0. The fourth-order valence-electron chi connectivity index (χ4n) is 2.05. The van der Waals surface area contributed by atoms with Gasteiger partial charge in [-0.25, -0.2) is 0 Å². The molecule has 0 spiro atoms. The monoisotopic (exact) mass is 255 g/mol. The Morgan fingerprint density at radius 1 is 1.59 bits per heavy atom. The largest absolute Gasteiger partial charge is 0.381 e. The highest BCUT2D eigenvalue weighted by molar-refractivity contribution is 7.12. The molecule has 0 bridgehead atoms. The molecule has 1 fully saturated rings. The van der Waals surface area contributed by atoms with Crippen LogP contribution >= 0.6 is 11.3 Å². The molecule has 96 valence electrons. The lowest BCUT2D eigenvalue weighted by Gasteiger charge is -2.21. The topological polar surface area (TPSA) is 44.5 Å². The zero-order chi connectivity index (χ0) is 12.3. The summed E-state index contributed by atoms with van der Waals surface area (Å²) in [5.74, 6) is 0.539. The van der Waals surface area contributed by atoms with Gasteiger partial charge in [0.05, 0.1) is 13.2 Å². The molecule has 1 aromatic rings. The minimum Gasteiger partial charge on any atom is -0.381 e. The van der Waals surface area contributed by atoms with Crippen molar-refractivity contribution < 1.29 is 9.47 Å². The van der Waals surface area contributed by atoms with E-state index in [0.29, 0.717) is 5.92 Å². The molecule has 0 aliphatic carbocycles. The highest BCUT2D eigenvalue weighted by Crippen LogP contribution is 2.28. The quantitative estimate of drug-likeness (QED) is 0.879. The average Bonchev–Trinajstić information content (AvgIpc) is 2.90. The number of thiophene rings is 1. The Bertz CT molecular complexity index is 345. The van der Waals surface area contributed by atoms with Gasteiger partial charge in [-0.2, -0.15) is 0 Å². The molecule has 0 radical (unpaired) electrons. The van der Waals surface area contributed by atoms with Crippen molar-refractivity contribution in [3.63, 3.8) is 0 Å². The van der Waals surface area contributed by atoms with E-state index in [4.69, 9.17) is 15.2 Å². The Morgan fingerprint density at radius 2 is 2.41 bits per heavy atom. The van der Waals surface area contributed by atoms with Gasteiger partial charge in [0.15, 0.2) is 0 Å². The molecule has 17 heavy (non-hydrogen) atoms. The van der Waals surface area contributed by atoms with Crippen LogP contribution in [0.15, 0.2) is 12.1 Å². The first kappa shape index (κ1) is 13.0. The third-order valence-electron chi connectivity index (χ3n) is 3.05. The Morgan fingerprint density at radius 3 is 2.94 bits per heavy atom. The molecule has 2 heterocycles. The molecule has 0 saturated carbocycles. The van der Waals surface area contributed by atoms with Crippen LogP contribution in [0.2, 0.25) is 0 Å². The summed E-state index contributed by atoms with van der Waals surface area (Å²) >= 11 is 1.77. The molecule has 3 unspecified atom stereocenters. The number of nitrogens with two attached hydrogens (primary N) is 1. The summed E-state index contributed by atoms with van der Waals surface area (Å²) in [4.78, 5) is 2.54. The van der Waals surface area contributed by atoms with E-state index in [2.05, 4.69) is 19.1 Å². The molecule has 3 atom stereocenters. The van der Waals surface area contributed by atoms with E-state index >= 15 is 0 Å². The molecule has 2 rings (SSSR count). The summed E-state index contributed by atoms with van der Waals surface area (Å²) in [6.45, 7) is 6.56. The third kappa shape index (κ3) is 3.52. The molecule has 1 aliphatic rings. The zero-order valence-corrected chi connectivity index (χ0v) is 11.3. The van der Waals surface area contributed by atoms with Gasteiger partial charge in [0.2, 0.25) is 0 Å². The van der Waals surface area contributed by atoms with E-state index in [-0.39, 0.29) is 12.1 Å². The molecule has 3 nitrogen and oxygen atoms in total. The van der Waals surface area contributed by atoms with Crippen LogP contribution in [-0.4, -0.2) is 25.9 Å². The second-order valence-corrected chi connectivity index (χ2v) is 6.11. The van der Waals surface area contributed by atoms with E-state index in [1.54, 1.807) is 11.3 Å². The lowest BCUT2D eigenvalue weighted by molar-refractivity contribution is 0.0155. The number of ether oxygens (including phenoxy) is 2. The smallest absolute Gasteiger partial charge is 0.106 e. The molecule has 1 aliphatic heterocycles. The first-order chi connectivity index (χ1) is 8.16. The van der Waals surface area contributed by atoms with Crippen LogP contribution in [0, 0.1) is 12.8 Å². The van der Waals surface area contributed by atoms with Gasteiger partial charge < -0.3 is 15.2 Å². The molecular formula is C13H21NO2S. The second kappa shape index (κ2) is 5.96. The van der Waals surface area contributed by atoms with Crippen LogP contribution in [-0.2, 0) is 9.47 Å². The van der Waals surface area contributed by atoms with Gasteiger partial charge in [-0.05, 0) is 32.4 Å². The third-order valence-corrected chi connectivity index (χ3v) is 4.12. The molecule has 0 aromatic carbocycles. The van der Waals surface area contributed by atoms with Gasteiger partial charge >= 0.3 is 0 Å². The van der Waals surface area contributed by atoms with Crippen LogP contribution < -0.4 is 5.73 Å². The fourth-order valence-corrected chi connectivity index (χ4v) is 3.10. The maximum Gasteiger partial charge on any atom is 0.106 e. The minimum absolute atomic E-state index is 0.0225. The minimum atomic E-state index is 0.0225. The molecule has 2 N–H and O–H groups in total. The van der Waals surface area contributed by atoms with Crippen molar-refractivity contribution in [3.05, 3.63) is 21.9 Å². The van der Waals surface area contributed by atoms with E-state index in [1.807, 2.05) is 6.92 Å². The number of rotatable bonds is 5. The van der Waals surface area contributed by atoms with E-state index in [9.17, 15) is 0 Å². The van der Waals surface area contributed by atoms with E-state index < -0.39 is 0 Å². The lowest BCUT2D eigenvalue weighted by atomic mass is 10.1. The highest BCUT2D eigenvalue weighted by atomic mass is 32.1. The van der Waals surface area contributed by atoms with Crippen LogP contribution in [0.5, 0.6) is 0 Å². The fraction of sp³-hybridized carbons (Fsp3) is 0.692. The van der Waals surface area contributed by atoms with E-state index in [0.717, 1.165) is 26.2 Å². The Labute approximate surface area is 107 Å². The van der Waals surface area contributed by atoms with Gasteiger partial charge in [0, 0.05) is 28.3 Å². The molecular weight excluding hydrogens is 234 g/mol. The van der Waals surface area contributed by atoms with Crippen LogP contribution in [0.25, 0.3) is 0 Å². The van der Waals surface area contributed by atoms with Gasteiger partial charge in [-0.15, -0.1) is 11.3 Å². The normalized spacial score (nSPS) is 23.8. The van der Waals surface area contributed by atoms with Gasteiger partial charge in [0.25, 0.3) is 0 Å². The Hall–Kier alpha value is -0.420. The van der Waals surface area contributed by atoms with Gasteiger partial charge in [-0.1, -0.05) is 0 Å². The Balaban J connectivity index is 1.92. The second-order valence-electron chi connectivity index (χ2n) is 4.79. The predicted molar refractivity (Wildman–Crippen MR) is 70.3 cm³/mol. The average molecular weight is 255 g/mol. The first-order valence-corrected chi connectivity index (χ1v) is 6.99. The van der Waals surface area contributed by atoms with Crippen molar-refractivity contribution in [1.82, 2.24) is 0 Å². The van der Waals surface area contributed by atoms with Crippen molar-refractivity contribution in [3.8, 4) is 0 Å². The molecule has 0 amide bonds. The zero-order valence-electron chi connectivity index (χ0n) is 10.5. The maximum atomic E-state index is 6.01. The van der Waals surface area contributed by atoms with Crippen LogP contribution in [0.3, 0.4) is 0 Å². The number of hydrogen-bond donors (Lipinski definition) is 1. The lowest BCUT2D eigenvalue weighted by Crippen LogP contribution is -2.28.